The molecule has 1 aliphatic rings. The molecule has 0 radical (unpaired) electrons. The maximum Gasteiger partial charge on any atom is 0.339 e. The molecular formula is C29H30FNO4. The number of aryl methyl sites for hydroxylation is 1. The summed E-state index contributed by atoms with van der Waals surface area (Å²) < 4.78 is 25.6. The second-order valence-electron chi connectivity index (χ2n) is 9.71. The molecule has 3 aromatic carbocycles. The Hall–Kier alpha value is -3.67. The minimum atomic E-state index is -0.623. The first kappa shape index (κ1) is 24.5. The van der Waals surface area contributed by atoms with Gasteiger partial charge in [0.05, 0.1) is 18.2 Å². The first-order valence-corrected chi connectivity index (χ1v) is 11.7. The van der Waals surface area contributed by atoms with E-state index in [1.807, 2.05) is 45.0 Å². The molecule has 0 aliphatic carbocycles. The average molecular weight is 476 g/mol. The molecule has 0 N–H and O–H groups in total. The Bertz CT molecular complexity index is 1260. The molecule has 0 saturated heterocycles. The van der Waals surface area contributed by atoms with Crippen LogP contribution in [0.25, 0.3) is 11.1 Å². The van der Waals surface area contributed by atoms with Crippen LogP contribution in [0, 0.1) is 5.82 Å². The lowest BCUT2D eigenvalue weighted by Gasteiger charge is -2.32. The van der Waals surface area contributed by atoms with Crippen molar-refractivity contribution in [2.75, 3.05) is 18.6 Å². The third-order valence-corrected chi connectivity index (χ3v) is 5.99. The van der Waals surface area contributed by atoms with Gasteiger partial charge in [0.15, 0.2) is 0 Å². The van der Waals surface area contributed by atoms with Gasteiger partial charge >= 0.3 is 11.9 Å². The highest BCUT2D eigenvalue weighted by Gasteiger charge is 2.23. The highest BCUT2D eigenvalue weighted by atomic mass is 19.1. The Morgan fingerprint density at radius 3 is 2.49 bits per heavy atom. The predicted octanol–water partition coefficient (Wildman–Crippen LogP) is 6.19. The van der Waals surface area contributed by atoms with Crippen molar-refractivity contribution in [3.05, 3.63) is 88.7 Å². The molecule has 1 aliphatic heterocycles. The minimum Gasteiger partial charge on any atom is -0.465 e. The second-order valence-corrected chi connectivity index (χ2v) is 9.71. The number of esters is 2. The van der Waals surface area contributed by atoms with E-state index in [0.717, 1.165) is 30.6 Å². The zero-order valence-electron chi connectivity index (χ0n) is 20.6. The van der Waals surface area contributed by atoms with Gasteiger partial charge in [0, 0.05) is 24.3 Å². The van der Waals surface area contributed by atoms with Gasteiger partial charge in [-0.05, 0) is 80.6 Å². The van der Waals surface area contributed by atoms with E-state index in [0.29, 0.717) is 34.4 Å². The van der Waals surface area contributed by atoms with Crippen LogP contribution in [0.3, 0.4) is 0 Å². The summed E-state index contributed by atoms with van der Waals surface area (Å²) in [5, 5.41) is 0. The lowest BCUT2D eigenvalue weighted by atomic mass is 9.96. The van der Waals surface area contributed by atoms with Crippen LogP contribution in [0.2, 0.25) is 0 Å². The fraction of sp³-hybridized carbons (Fsp3) is 0.310. The standard InChI is InChI=1S/C29H30FNO4/c1-29(2,3)35-28(33)24-10-6-5-9-23(24)19-11-12-22(25(30)17-19)18-31-15-7-8-20-16-21(27(32)34-4)13-14-26(20)31/h5-6,9-14,16-17H,7-8,15,18H2,1-4H3. The Labute approximate surface area is 205 Å². The highest BCUT2D eigenvalue weighted by molar-refractivity contribution is 5.97. The number of methoxy groups -OCH3 is 1. The SMILES string of the molecule is COC(=O)c1ccc2c(c1)CCCN2Cc1ccc(-c2ccccc2C(=O)OC(C)(C)C)cc1F. The summed E-state index contributed by atoms with van der Waals surface area (Å²) in [6.07, 6.45) is 1.78. The van der Waals surface area contributed by atoms with Gasteiger partial charge in [0.1, 0.15) is 11.4 Å². The van der Waals surface area contributed by atoms with E-state index in [2.05, 4.69) is 4.90 Å². The molecule has 4 rings (SSSR count). The van der Waals surface area contributed by atoms with Crippen molar-refractivity contribution < 1.29 is 23.5 Å². The van der Waals surface area contributed by atoms with Crippen molar-refractivity contribution in [3.8, 4) is 11.1 Å². The number of nitrogens with zero attached hydrogens (tertiary/aromatic N) is 1. The molecule has 0 spiro atoms. The minimum absolute atomic E-state index is 0.334. The normalized spacial score (nSPS) is 13.2. The molecule has 5 nitrogen and oxygen atoms in total. The predicted molar refractivity (Wildman–Crippen MR) is 134 cm³/mol. The van der Waals surface area contributed by atoms with E-state index < -0.39 is 11.6 Å². The Kier molecular flexibility index (Phi) is 6.92. The third kappa shape index (κ3) is 5.53. The van der Waals surface area contributed by atoms with Crippen LogP contribution >= 0.6 is 0 Å². The molecule has 0 atom stereocenters. The fourth-order valence-corrected chi connectivity index (χ4v) is 4.38. The summed E-state index contributed by atoms with van der Waals surface area (Å²) in [6, 6.07) is 17.7. The zero-order chi connectivity index (χ0) is 25.2. The number of carbonyl (C=O) groups is 2. The van der Waals surface area contributed by atoms with Crippen molar-refractivity contribution in [2.45, 2.75) is 45.8 Å². The highest BCUT2D eigenvalue weighted by Crippen LogP contribution is 2.32. The zero-order valence-corrected chi connectivity index (χ0v) is 20.6. The van der Waals surface area contributed by atoms with Crippen LogP contribution in [0.4, 0.5) is 10.1 Å². The third-order valence-electron chi connectivity index (χ3n) is 5.99. The van der Waals surface area contributed by atoms with Crippen molar-refractivity contribution in [1.82, 2.24) is 0 Å². The number of hydrogen-bond acceptors (Lipinski definition) is 5. The summed E-state index contributed by atoms with van der Waals surface area (Å²) in [5.41, 5.74) is 4.17. The summed E-state index contributed by atoms with van der Waals surface area (Å²) in [7, 11) is 1.37. The van der Waals surface area contributed by atoms with E-state index in [1.165, 1.54) is 13.2 Å². The van der Waals surface area contributed by atoms with E-state index in [-0.39, 0.29) is 11.8 Å². The lowest BCUT2D eigenvalue weighted by molar-refractivity contribution is 0.00702. The summed E-state index contributed by atoms with van der Waals surface area (Å²) >= 11 is 0. The van der Waals surface area contributed by atoms with Gasteiger partial charge in [-0.15, -0.1) is 0 Å². The number of benzene rings is 3. The molecule has 6 heteroatoms. The number of hydrogen-bond donors (Lipinski definition) is 0. The Balaban J connectivity index is 1.59. The van der Waals surface area contributed by atoms with Gasteiger partial charge in [-0.25, -0.2) is 14.0 Å². The van der Waals surface area contributed by atoms with E-state index >= 15 is 4.39 Å². The van der Waals surface area contributed by atoms with E-state index in [4.69, 9.17) is 9.47 Å². The van der Waals surface area contributed by atoms with Crippen molar-refractivity contribution in [3.63, 3.8) is 0 Å². The van der Waals surface area contributed by atoms with Gasteiger partial charge in [-0.3, -0.25) is 0 Å². The second kappa shape index (κ2) is 9.90. The molecule has 0 aromatic heterocycles. The number of anilines is 1. The van der Waals surface area contributed by atoms with Crippen molar-refractivity contribution in [2.24, 2.45) is 0 Å². The largest absolute Gasteiger partial charge is 0.465 e. The molecule has 3 aromatic rings. The number of halogens is 1. The summed E-state index contributed by atoms with van der Waals surface area (Å²) in [4.78, 5) is 26.7. The Morgan fingerprint density at radius 2 is 1.77 bits per heavy atom. The number of fused-ring (bicyclic) bond motifs is 1. The van der Waals surface area contributed by atoms with Gasteiger partial charge in [-0.2, -0.15) is 0 Å². The van der Waals surface area contributed by atoms with E-state index in [1.54, 1.807) is 30.3 Å². The van der Waals surface area contributed by atoms with Crippen LogP contribution in [0.1, 0.15) is 59.0 Å². The molecule has 0 fully saturated rings. The maximum absolute atomic E-state index is 15.3. The maximum atomic E-state index is 15.3. The molecule has 0 bridgehead atoms. The molecule has 1 heterocycles. The van der Waals surface area contributed by atoms with Gasteiger partial charge < -0.3 is 14.4 Å². The van der Waals surface area contributed by atoms with Crippen molar-refractivity contribution >= 4 is 17.6 Å². The number of carbonyl (C=O) groups excluding carboxylic acids is 2. The molecular weight excluding hydrogens is 445 g/mol. The smallest absolute Gasteiger partial charge is 0.339 e. The average Bonchev–Trinajstić information content (AvgIpc) is 2.83. The first-order valence-electron chi connectivity index (χ1n) is 11.7. The van der Waals surface area contributed by atoms with Crippen LogP contribution in [0.15, 0.2) is 60.7 Å². The van der Waals surface area contributed by atoms with Crippen LogP contribution in [-0.4, -0.2) is 31.2 Å². The molecule has 0 saturated carbocycles. The van der Waals surface area contributed by atoms with E-state index in [9.17, 15) is 9.59 Å². The van der Waals surface area contributed by atoms with Gasteiger partial charge in [0.2, 0.25) is 0 Å². The van der Waals surface area contributed by atoms with Gasteiger partial charge in [0.25, 0.3) is 0 Å². The van der Waals surface area contributed by atoms with Crippen LogP contribution in [-0.2, 0) is 22.4 Å². The number of ether oxygens (including phenoxy) is 2. The van der Waals surface area contributed by atoms with Crippen LogP contribution in [0.5, 0.6) is 0 Å². The van der Waals surface area contributed by atoms with Crippen molar-refractivity contribution in [1.29, 1.82) is 0 Å². The van der Waals surface area contributed by atoms with Crippen LogP contribution < -0.4 is 4.90 Å². The first-order chi connectivity index (χ1) is 16.7. The Morgan fingerprint density at radius 1 is 1.00 bits per heavy atom. The monoisotopic (exact) mass is 475 g/mol. The lowest BCUT2D eigenvalue weighted by Crippen LogP contribution is -2.29. The fourth-order valence-electron chi connectivity index (χ4n) is 4.38. The summed E-state index contributed by atoms with van der Waals surface area (Å²) in [5.74, 6) is -1.13. The molecule has 0 amide bonds. The quantitative estimate of drug-likeness (QED) is 0.412. The molecule has 35 heavy (non-hydrogen) atoms. The number of rotatable bonds is 5. The topological polar surface area (TPSA) is 55.8 Å². The molecule has 0 unspecified atom stereocenters. The van der Waals surface area contributed by atoms with Gasteiger partial charge in [-0.1, -0.05) is 30.3 Å². The molecule has 182 valence electrons. The summed E-state index contributed by atoms with van der Waals surface area (Å²) in [6.45, 7) is 6.66.